The van der Waals surface area contributed by atoms with Gasteiger partial charge in [0, 0.05) is 46.0 Å². The van der Waals surface area contributed by atoms with Crippen LogP contribution in [0, 0.1) is 0 Å². The molecule has 0 bridgehead atoms. The van der Waals surface area contributed by atoms with Gasteiger partial charge in [0.2, 0.25) is 0 Å². The van der Waals surface area contributed by atoms with Crippen molar-refractivity contribution in [2.45, 2.75) is 57.4 Å². The Morgan fingerprint density at radius 2 is 1.84 bits per heavy atom. The van der Waals surface area contributed by atoms with Gasteiger partial charge >= 0.3 is 0 Å². The number of amides is 1. The molecule has 2 N–H and O–H groups in total. The highest BCUT2D eigenvalue weighted by Crippen LogP contribution is 2.39. The lowest BCUT2D eigenvalue weighted by Crippen LogP contribution is -2.31. The van der Waals surface area contributed by atoms with Crippen LogP contribution in [-0.4, -0.2) is 50.7 Å². The van der Waals surface area contributed by atoms with Gasteiger partial charge in [0.1, 0.15) is 5.82 Å². The van der Waals surface area contributed by atoms with E-state index in [4.69, 9.17) is 15.6 Å². The summed E-state index contributed by atoms with van der Waals surface area (Å²) in [5, 5.41) is 7.10. The topological polar surface area (TPSA) is 102 Å². The van der Waals surface area contributed by atoms with Crippen molar-refractivity contribution in [3.05, 3.63) is 88.9 Å². The maximum absolute atomic E-state index is 14.1. The van der Waals surface area contributed by atoms with Crippen LogP contribution in [0.5, 0.6) is 0 Å². The zero-order chi connectivity index (χ0) is 29.1. The molecule has 0 spiro atoms. The lowest BCUT2D eigenvalue weighted by Gasteiger charge is -2.28. The second kappa shape index (κ2) is 10.4. The molecule has 3 aromatic heterocycles. The zero-order valence-electron chi connectivity index (χ0n) is 24.4. The second-order valence-corrected chi connectivity index (χ2v) is 12.3. The minimum atomic E-state index is -0.0983. The van der Waals surface area contributed by atoms with Gasteiger partial charge in [-0.05, 0) is 93.3 Å². The molecule has 8 rings (SSSR count). The normalized spacial score (nSPS) is 17.5. The number of likely N-dealkylation sites (tertiary alicyclic amines) is 1. The van der Waals surface area contributed by atoms with Crippen LogP contribution in [0.2, 0.25) is 0 Å². The van der Waals surface area contributed by atoms with Crippen LogP contribution in [0.1, 0.15) is 70.4 Å². The summed E-state index contributed by atoms with van der Waals surface area (Å²) in [6, 6.07) is 16.6. The zero-order valence-corrected chi connectivity index (χ0v) is 24.4. The number of pyridine rings is 2. The summed E-state index contributed by atoms with van der Waals surface area (Å²) < 4.78 is 7.78. The van der Waals surface area contributed by atoms with Gasteiger partial charge in [-0.3, -0.25) is 14.5 Å². The third kappa shape index (κ3) is 4.92. The number of rotatable bonds is 6. The fraction of sp³-hybridized carbons (Fsp3) is 0.353. The summed E-state index contributed by atoms with van der Waals surface area (Å²) in [5.74, 6) is 0.947. The quantitative estimate of drug-likeness (QED) is 0.283. The minimum Gasteiger partial charge on any atom is -0.383 e. The largest absolute Gasteiger partial charge is 0.383 e. The first-order chi connectivity index (χ1) is 21.0. The van der Waals surface area contributed by atoms with E-state index in [1.807, 2.05) is 35.2 Å². The highest BCUT2D eigenvalue weighted by molar-refractivity contribution is 6.06. The van der Waals surface area contributed by atoms with Gasteiger partial charge in [-0.15, -0.1) is 0 Å². The molecular weight excluding hydrogens is 538 g/mol. The Kier molecular flexibility index (Phi) is 6.38. The summed E-state index contributed by atoms with van der Waals surface area (Å²) in [6.45, 7) is 3.55. The number of nitrogens with two attached hydrogens (primary N) is 1. The number of nitrogen functional groups attached to an aromatic ring is 1. The van der Waals surface area contributed by atoms with Crippen LogP contribution in [-0.2, 0) is 24.5 Å². The standard InChI is InChI=1S/C34H35N7O2/c1-39-12-10-25(11-13-39)41-18-24-5-7-26(15-31(24)38-41)40(34(42)23-6-9-30(36-16-23)22-3-4-22)17-21-2-8-27-28-19-43-20-29(28)33(35)37-32(27)14-21/h2,5-9,14-16,18,22,25H,3-4,10-13,17,19-20H2,1H3,(H2,35,37). The van der Waals surface area contributed by atoms with Crippen LogP contribution < -0.4 is 10.6 Å². The number of nitrogens with zero attached hydrogens (tertiary/aromatic N) is 6. The number of benzene rings is 2. The maximum Gasteiger partial charge on any atom is 0.260 e. The van der Waals surface area contributed by atoms with Gasteiger partial charge < -0.3 is 20.3 Å². The first-order valence-corrected chi connectivity index (χ1v) is 15.2. The van der Waals surface area contributed by atoms with Gasteiger partial charge in [0.05, 0.1) is 42.4 Å². The first kappa shape index (κ1) is 26.3. The van der Waals surface area contributed by atoms with Crippen molar-refractivity contribution < 1.29 is 9.53 Å². The molecule has 0 radical (unpaired) electrons. The van der Waals surface area contributed by atoms with Crippen LogP contribution in [0.3, 0.4) is 0 Å². The predicted molar refractivity (Wildman–Crippen MR) is 167 cm³/mol. The molecular formula is C34H35N7O2. The molecule has 0 unspecified atom stereocenters. The molecule has 0 atom stereocenters. The first-order valence-electron chi connectivity index (χ1n) is 15.2. The number of hydrogen-bond acceptors (Lipinski definition) is 7. The van der Waals surface area contributed by atoms with Gasteiger partial charge in [0.15, 0.2) is 0 Å². The fourth-order valence-corrected chi connectivity index (χ4v) is 6.53. The maximum atomic E-state index is 14.1. The van der Waals surface area contributed by atoms with Crippen molar-refractivity contribution in [2.75, 3.05) is 30.8 Å². The molecule has 5 aromatic rings. The predicted octanol–water partition coefficient (Wildman–Crippen LogP) is 5.58. The number of anilines is 2. The summed E-state index contributed by atoms with van der Waals surface area (Å²) in [7, 11) is 2.17. The monoisotopic (exact) mass is 573 g/mol. The molecule has 2 fully saturated rings. The van der Waals surface area contributed by atoms with E-state index in [0.29, 0.717) is 43.1 Å². The van der Waals surface area contributed by atoms with E-state index >= 15 is 0 Å². The smallest absolute Gasteiger partial charge is 0.260 e. The van der Waals surface area contributed by atoms with E-state index in [9.17, 15) is 4.79 Å². The molecule has 1 saturated heterocycles. The van der Waals surface area contributed by atoms with E-state index in [1.54, 1.807) is 6.20 Å². The Morgan fingerprint density at radius 3 is 2.63 bits per heavy atom. The number of carbonyl (C=O) groups is 1. The molecule has 9 heteroatoms. The molecule has 43 heavy (non-hydrogen) atoms. The number of piperidine rings is 1. The fourth-order valence-electron chi connectivity index (χ4n) is 6.53. The van der Waals surface area contributed by atoms with Gasteiger partial charge in [0.25, 0.3) is 5.91 Å². The third-order valence-electron chi connectivity index (χ3n) is 9.29. The van der Waals surface area contributed by atoms with Crippen molar-refractivity contribution in [1.82, 2.24) is 24.6 Å². The van der Waals surface area contributed by atoms with Crippen molar-refractivity contribution in [3.63, 3.8) is 0 Å². The number of ether oxygens (including phenoxy) is 1. The van der Waals surface area contributed by atoms with Gasteiger partial charge in [-0.25, -0.2) is 4.98 Å². The molecule has 2 aromatic carbocycles. The molecule has 2 aliphatic heterocycles. The SMILES string of the molecule is CN1CCC(n2cc3ccc(N(Cc4ccc5c6c(c(N)nc5c4)COC6)C(=O)c4ccc(C5CC5)nc4)cc3n2)CC1. The molecule has 5 heterocycles. The summed E-state index contributed by atoms with van der Waals surface area (Å²) in [4.78, 5) is 27.6. The van der Waals surface area contributed by atoms with Crippen molar-refractivity contribution in [1.29, 1.82) is 0 Å². The average molecular weight is 574 g/mol. The highest BCUT2D eigenvalue weighted by atomic mass is 16.5. The Bertz CT molecular complexity index is 1850. The molecule has 1 saturated carbocycles. The van der Waals surface area contributed by atoms with Crippen molar-refractivity contribution >= 4 is 39.2 Å². The Balaban J connectivity index is 1.15. The Labute approximate surface area is 250 Å². The lowest BCUT2D eigenvalue weighted by molar-refractivity contribution is 0.0984. The summed E-state index contributed by atoms with van der Waals surface area (Å²) in [5.41, 5.74) is 13.5. The summed E-state index contributed by atoms with van der Waals surface area (Å²) in [6.07, 6.45) is 8.38. The molecule has 1 aliphatic carbocycles. The van der Waals surface area contributed by atoms with Crippen molar-refractivity contribution in [2.24, 2.45) is 0 Å². The van der Waals surface area contributed by atoms with Crippen LogP contribution in [0.4, 0.5) is 11.5 Å². The van der Waals surface area contributed by atoms with E-state index in [2.05, 4.69) is 51.0 Å². The molecule has 3 aliphatic rings. The molecule has 1 amide bonds. The van der Waals surface area contributed by atoms with Gasteiger partial charge in [-0.1, -0.05) is 12.1 Å². The van der Waals surface area contributed by atoms with Gasteiger partial charge in [-0.2, -0.15) is 5.10 Å². The van der Waals surface area contributed by atoms with E-state index in [0.717, 1.165) is 75.8 Å². The Hall–Kier alpha value is -4.34. The lowest BCUT2D eigenvalue weighted by atomic mass is 10.0. The Morgan fingerprint density at radius 1 is 1.00 bits per heavy atom. The van der Waals surface area contributed by atoms with Crippen LogP contribution in [0.15, 0.2) is 60.9 Å². The minimum absolute atomic E-state index is 0.0983. The summed E-state index contributed by atoms with van der Waals surface area (Å²) >= 11 is 0. The molecule has 218 valence electrons. The second-order valence-electron chi connectivity index (χ2n) is 12.3. The third-order valence-corrected chi connectivity index (χ3v) is 9.29. The number of carbonyl (C=O) groups excluding carboxylic acids is 1. The molecule has 9 nitrogen and oxygen atoms in total. The van der Waals surface area contributed by atoms with E-state index < -0.39 is 0 Å². The van der Waals surface area contributed by atoms with E-state index in [-0.39, 0.29) is 5.91 Å². The van der Waals surface area contributed by atoms with Crippen LogP contribution >= 0.6 is 0 Å². The highest BCUT2D eigenvalue weighted by Gasteiger charge is 2.27. The number of hydrogen-bond donors (Lipinski definition) is 1. The average Bonchev–Trinajstić information content (AvgIpc) is 3.59. The van der Waals surface area contributed by atoms with Crippen LogP contribution in [0.25, 0.3) is 21.8 Å². The number of aromatic nitrogens is 4. The number of fused-ring (bicyclic) bond motifs is 4. The van der Waals surface area contributed by atoms with E-state index in [1.165, 1.54) is 12.8 Å². The van der Waals surface area contributed by atoms with Crippen molar-refractivity contribution in [3.8, 4) is 0 Å².